The predicted molar refractivity (Wildman–Crippen MR) is 189 cm³/mol. The van der Waals surface area contributed by atoms with Gasteiger partial charge in [0.2, 0.25) is 23.6 Å². The standard InChI is InChI=1S/C39H39F2N7O5/c1-22(49)47-18-38(19-47)16-46(17-38)14-29-36(51-2)44-28(13-42-29)26-9-5-7-24(35(26)41)23-6-4-8-25(34(23)40)27-12-31-33(37(43-27)52-3)30(15-53-31)48-20-39(21-48)11-10-32(50)45-39/h4-9,12-13,30H,10-11,14-21H2,1-3H3,(H,45,50)/t30-/m0/s1. The van der Waals surface area contributed by atoms with E-state index in [1.165, 1.54) is 32.5 Å². The lowest BCUT2D eigenvalue weighted by Crippen LogP contribution is -2.72. The van der Waals surface area contributed by atoms with Gasteiger partial charge in [-0.15, -0.1) is 0 Å². The minimum atomic E-state index is -0.645. The predicted octanol–water partition coefficient (Wildman–Crippen LogP) is 4.23. The third kappa shape index (κ3) is 5.57. The lowest BCUT2D eigenvalue weighted by Gasteiger charge is -2.60. The summed E-state index contributed by atoms with van der Waals surface area (Å²) in [6, 6.07) is 11.2. The third-order valence-electron chi connectivity index (χ3n) is 11.4. The number of amides is 2. The zero-order valence-electron chi connectivity index (χ0n) is 29.7. The van der Waals surface area contributed by atoms with Crippen molar-refractivity contribution in [2.24, 2.45) is 5.41 Å². The zero-order chi connectivity index (χ0) is 36.6. The molecular weight excluding hydrogens is 684 g/mol. The molecule has 274 valence electrons. The second-order valence-electron chi connectivity index (χ2n) is 15.1. The summed E-state index contributed by atoms with van der Waals surface area (Å²) >= 11 is 0. The number of rotatable bonds is 8. The molecule has 1 atom stereocenters. The number of ether oxygens (including phenoxy) is 3. The van der Waals surface area contributed by atoms with E-state index in [1.807, 2.05) is 4.90 Å². The molecule has 2 spiro atoms. The SMILES string of the molecule is COc1nc(-c2cccc(-c3cccc(-c4cc5c(c(OC)n4)[C@@H](N4CC6(CCC(=O)N6)C4)CO5)c3F)c2F)cnc1CN1CC2(C1)CN(C(C)=O)C2. The van der Waals surface area contributed by atoms with Gasteiger partial charge in [-0.05, 0) is 18.6 Å². The molecule has 4 saturated heterocycles. The van der Waals surface area contributed by atoms with Crippen molar-refractivity contribution in [1.29, 1.82) is 0 Å². The van der Waals surface area contributed by atoms with Crippen LogP contribution in [0.3, 0.4) is 0 Å². The van der Waals surface area contributed by atoms with Crippen LogP contribution in [-0.4, -0.2) is 107 Å². The summed E-state index contributed by atoms with van der Waals surface area (Å²) in [7, 11) is 3.03. The number of hydrogen-bond acceptors (Lipinski definition) is 10. The van der Waals surface area contributed by atoms with Crippen molar-refractivity contribution in [1.82, 2.24) is 35.0 Å². The molecule has 0 saturated carbocycles. The highest BCUT2D eigenvalue weighted by Gasteiger charge is 2.53. The van der Waals surface area contributed by atoms with Crippen LogP contribution in [0.5, 0.6) is 17.5 Å². The van der Waals surface area contributed by atoms with Crippen LogP contribution < -0.4 is 19.5 Å². The number of likely N-dealkylation sites (tertiary alicyclic amines) is 3. The minimum Gasteiger partial charge on any atom is -0.491 e. The molecule has 0 radical (unpaired) electrons. The number of halogens is 2. The van der Waals surface area contributed by atoms with Crippen LogP contribution in [0.25, 0.3) is 33.6 Å². The molecule has 14 heteroatoms. The first-order chi connectivity index (χ1) is 25.6. The van der Waals surface area contributed by atoms with Crippen molar-refractivity contribution in [3.8, 4) is 51.2 Å². The summed E-state index contributed by atoms with van der Waals surface area (Å²) in [5, 5.41) is 3.11. The minimum absolute atomic E-state index is 0.0628. The van der Waals surface area contributed by atoms with E-state index < -0.39 is 11.6 Å². The van der Waals surface area contributed by atoms with E-state index >= 15 is 8.78 Å². The van der Waals surface area contributed by atoms with Gasteiger partial charge < -0.3 is 24.4 Å². The van der Waals surface area contributed by atoms with Gasteiger partial charge >= 0.3 is 0 Å². The number of aromatic nitrogens is 3. The van der Waals surface area contributed by atoms with Crippen LogP contribution in [0.2, 0.25) is 0 Å². The molecule has 2 aromatic carbocycles. The first-order valence-electron chi connectivity index (χ1n) is 17.8. The molecule has 4 fully saturated rings. The number of carbonyl (C=O) groups is 2. The molecule has 4 aromatic rings. The van der Waals surface area contributed by atoms with Crippen molar-refractivity contribution < 1.29 is 32.6 Å². The Kier molecular flexibility index (Phi) is 7.89. The van der Waals surface area contributed by atoms with Gasteiger partial charge in [-0.1, -0.05) is 24.3 Å². The number of nitrogens with one attached hydrogen (secondary N) is 1. The van der Waals surface area contributed by atoms with Crippen molar-refractivity contribution in [3.63, 3.8) is 0 Å². The van der Waals surface area contributed by atoms with Gasteiger partial charge in [-0.2, -0.15) is 0 Å². The Morgan fingerprint density at radius 2 is 1.57 bits per heavy atom. The fourth-order valence-electron chi connectivity index (χ4n) is 8.82. The van der Waals surface area contributed by atoms with Crippen molar-refractivity contribution >= 4 is 11.8 Å². The van der Waals surface area contributed by atoms with E-state index in [1.54, 1.807) is 37.3 Å². The molecule has 5 aliphatic heterocycles. The maximum Gasteiger partial charge on any atom is 0.237 e. The Morgan fingerprint density at radius 3 is 2.19 bits per heavy atom. The molecular formula is C39H39F2N7O5. The molecule has 12 nitrogen and oxygen atoms in total. The Labute approximate surface area is 305 Å². The molecule has 0 bridgehead atoms. The van der Waals surface area contributed by atoms with Gasteiger partial charge in [0.1, 0.15) is 29.7 Å². The van der Waals surface area contributed by atoms with Gasteiger partial charge in [-0.3, -0.25) is 24.4 Å². The second-order valence-corrected chi connectivity index (χ2v) is 15.1. The fraction of sp³-hybridized carbons (Fsp3) is 0.410. The third-order valence-corrected chi connectivity index (χ3v) is 11.4. The van der Waals surface area contributed by atoms with E-state index in [0.29, 0.717) is 61.6 Å². The average molecular weight is 724 g/mol. The second kappa shape index (κ2) is 12.4. The van der Waals surface area contributed by atoms with Crippen LogP contribution in [0.1, 0.15) is 37.1 Å². The molecule has 53 heavy (non-hydrogen) atoms. The average Bonchev–Trinajstić information content (AvgIpc) is 3.71. The van der Waals surface area contributed by atoms with Crippen LogP contribution in [0.15, 0.2) is 48.7 Å². The Hall–Kier alpha value is -5.21. The summed E-state index contributed by atoms with van der Waals surface area (Å²) in [4.78, 5) is 43.7. The summed E-state index contributed by atoms with van der Waals surface area (Å²) in [6.45, 7) is 7.17. The largest absolute Gasteiger partial charge is 0.491 e. The van der Waals surface area contributed by atoms with Gasteiger partial charge in [0.05, 0.1) is 48.9 Å². The first-order valence-corrected chi connectivity index (χ1v) is 17.8. The number of methoxy groups -OCH3 is 2. The maximum atomic E-state index is 16.5. The summed E-state index contributed by atoms with van der Waals surface area (Å²) in [6.07, 6.45) is 2.87. The van der Waals surface area contributed by atoms with E-state index in [9.17, 15) is 9.59 Å². The van der Waals surface area contributed by atoms with Gasteiger partial charge in [0.25, 0.3) is 0 Å². The molecule has 2 amide bonds. The quantitative estimate of drug-likeness (QED) is 0.283. The van der Waals surface area contributed by atoms with E-state index in [-0.39, 0.29) is 56.8 Å². The number of hydrogen-bond donors (Lipinski definition) is 1. The molecule has 0 unspecified atom stereocenters. The smallest absolute Gasteiger partial charge is 0.237 e. The molecule has 7 heterocycles. The van der Waals surface area contributed by atoms with Crippen LogP contribution in [-0.2, 0) is 16.1 Å². The van der Waals surface area contributed by atoms with Gasteiger partial charge in [0.15, 0.2) is 0 Å². The van der Waals surface area contributed by atoms with E-state index in [0.717, 1.165) is 38.2 Å². The van der Waals surface area contributed by atoms with Gasteiger partial charge in [0, 0.05) is 92.9 Å². The lowest BCUT2D eigenvalue weighted by molar-refractivity contribution is -0.157. The zero-order valence-corrected chi connectivity index (χ0v) is 29.7. The lowest BCUT2D eigenvalue weighted by atomic mass is 9.73. The highest BCUT2D eigenvalue weighted by molar-refractivity contribution is 5.80. The monoisotopic (exact) mass is 723 g/mol. The fourth-order valence-corrected chi connectivity index (χ4v) is 8.82. The van der Waals surface area contributed by atoms with Gasteiger partial charge in [-0.25, -0.2) is 18.7 Å². The highest BCUT2D eigenvalue weighted by Crippen LogP contribution is 2.48. The van der Waals surface area contributed by atoms with Crippen molar-refractivity contribution in [3.05, 3.63) is 71.6 Å². The van der Waals surface area contributed by atoms with E-state index in [4.69, 9.17) is 19.2 Å². The van der Waals surface area contributed by atoms with E-state index in [2.05, 4.69) is 25.1 Å². The Bertz CT molecular complexity index is 2160. The Balaban J connectivity index is 0.956. The van der Waals surface area contributed by atoms with Crippen LogP contribution in [0.4, 0.5) is 8.78 Å². The number of pyridine rings is 1. The number of nitrogens with zero attached hydrogens (tertiary/aromatic N) is 6. The summed E-state index contributed by atoms with van der Waals surface area (Å²) < 4.78 is 50.3. The molecule has 2 aromatic heterocycles. The normalized spacial score (nSPS) is 21.0. The van der Waals surface area contributed by atoms with Crippen molar-refractivity contribution in [2.45, 2.75) is 37.9 Å². The maximum absolute atomic E-state index is 16.5. The van der Waals surface area contributed by atoms with Crippen molar-refractivity contribution in [2.75, 3.05) is 60.1 Å². The molecule has 5 aliphatic rings. The topological polar surface area (TPSA) is 122 Å². The number of benzene rings is 2. The first kappa shape index (κ1) is 33.6. The number of carbonyl (C=O) groups excluding carboxylic acids is 2. The van der Waals surface area contributed by atoms with Crippen LogP contribution in [0, 0.1) is 17.0 Å². The summed E-state index contributed by atoms with van der Waals surface area (Å²) in [5.41, 5.74) is 2.41. The number of fused-ring (bicyclic) bond motifs is 1. The molecule has 0 aliphatic carbocycles. The molecule has 1 N–H and O–H groups in total. The molecule has 9 rings (SSSR count). The van der Waals surface area contributed by atoms with Crippen LogP contribution >= 0.6 is 0 Å². The highest BCUT2D eigenvalue weighted by atomic mass is 19.1. The Morgan fingerprint density at radius 1 is 0.925 bits per heavy atom. The summed E-state index contributed by atoms with van der Waals surface area (Å²) in [5.74, 6) is 0.0807.